The number of thioether (sulfide) groups is 1. The molecule has 0 radical (unpaired) electrons. The molecule has 11 heteroatoms. The molecular formula is C17H12ClN3O5S2. The maximum atomic E-state index is 11.9. The molecule has 0 aliphatic heterocycles. The Kier molecular flexibility index (Phi) is 6.45. The van der Waals surface area contributed by atoms with Crippen LogP contribution in [0.25, 0.3) is 10.2 Å². The second-order valence-electron chi connectivity index (χ2n) is 5.36. The standard InChI is InChI=1S/C17H12ClN3O5S2/c18-10-5-6-11(13(7-10)21(24)25)19-15(22)8-26-16(23)9-27-17-20-12-3-1-2-4-14(12)28-17/h1-7H,8-9H2,(H,19,22). The Labute approximate surface area is 172 Å². The molecule has 3 rings (SSSR count). The van der Waals surface area contributed by atoms with Crippen LogP contribution in [0.1, 0.15) is 0 Å². The maximum Gasteiger partial charge on any atom is 0.316 e. The van der Waals surface area contributed by atoms with Crippen molar-refractivity contribution in [2.75, 3.05) is 17.7 Å². The van der Waals surface area contributed by atoms with Crippen molar-refractivity contribution in [3.05, 3.63) is 57.6 Å². The molecule has 1 amide bonds. The van der Waals surface area contributed by atoms with Crippen LogP contribution in [-0.2, 0) is 14.3 Å². The van der Waals surface area contributed by atoms with Crippen LogP contribution in [-0.4, -0.2) is 34.1 Å². The highest BCUT2D eigenvalue weighted by Gasteiger charge is 2.17. The van der Waals surface area contributed by atoms with Gasteiger partial charge in [0.15, 0.2) is 10.9 Å². The third-order valence-electron chi connectivity index (χ3n) is 3.38. The minimum atomic E-state index is -0.691. The van der Waals surface area contributed by atoms with Gasteiger partial charge in [-0.1, -0.05) is 35.5 Å². The fourth-order valence-corrected chi connectivity index (χ4v) is 4.20. The number of fused-ring (bicyclic) bond motifs is 1. The SMILES string of the molecule is O=C(COC(=O)CSc1nc2ccccc2s1)Nc1ccc(Cl)cc1[N+](=O)[O-]. The van der Waals surface area contributed by atoms with Crippen molar-refractivity contribution in [1.82, 2.24) is 4.98 Å². The number of rotatable bonds is 7. The van der Waals surface area contributed by atoms with Gasteiger partial charge in [-0.05, 0) is 24.3 Å². The molecule has 0 spiro atoms. The first kappa shape index (κ1) is 20.1. The van der Waals surface area contributed by atoms with E-state index in [2.05, 4.69) is 10.3 Å². The Bertz CT molecular complexity index is 1020. The van der Waals surface area contributed by atoms with Gasteiger partial charge in [-0.25, -0.2) is 4.98 Å². The van der Waals surface area contributed by atoms with Gasteiger partial charge in [-0.3, -0.25) is 19.7 Å². The molecular weight excluding hydrogens is 426 g/mol. The third-order valence-corrected chi connectivity index (χ3v) is 5.77. The Morgan fingerprint density at radius 3 is 2.82 bits per heavy atom. The van der Waals surface area contributed by atoms with Crippen molar-refractivity contribution in [1.29, 1.82) is 0 Å². The lowest BCUT2D eigenvalue weighted by Gasteiger charge is -2.07. The lowest BCUT2D eigenvalue weighted by molar-refractivity contribution is -0.383. The number of halogens is 1. The summed E-state index contributed by atoms with van der Waals surface area (Å²) in [6.07, 6.45) is 0. The van der Waals surface area contributed by atoms with E-state index in [1.54, 1.807) is 0 Å². The summed E-state index contributed by atoms with van der Waals surface area (Å²) in [6, 6.07) is 11.5. The van der Waals surface area contributed by atoms with E-state index in [-0.39, 0.29) is 22.2 Å². The summed E-state index contributed by atoms with van der Waals surface area (Å²) in [5, 5.41) is 13.5. The number of hydrogen-bond donors (Lipinski definition) is 1. The molecule has 0 atom stereocenters. The molecule has 0 aliphatic carbocycles. The summed E-state index contributed by atoms with van der Waals surface area (Å²) in [7, 11) is 0. The minimum Gasteiger partial charge on any atom is -0.455 e. The predicted molar refractivity (Wildman–Crippen MR) is 108 cm³/mol. The molecule has 3 aromatic rings. The van der Waals surface area contributed by atoms with Crippen LogP contribution >= 0.6 is 34.7 Å². The normalized spacial score (nSPS) is 10.6. The molecule has 8 nitrogen and oxygen atoms in total. The number of carbonyl (C=O) groups excluding carboxylic acids is 2. The van der Waals surface area contributed by atoms with E-state index < -0.39 is 23.4 Å². The number of amides is 1. The van der Waals surface area contributed by atoms with Gasteiger partial charge in [-0.15, -0.1) is 11.3 Å². The van der Waals surface area contributed by atoms with E-state index in [0.717, 1.165) is 20.6 Å². The molecule has 0 unspecified atom stereocenters. The van der Waals surface area contributed by atoms with E-state index in [0.29, 0.717) is 0 Å². The topological polar surface area (TPSA) is 111 Å². The predicted octanol–water partition coefficient (Wildman–Crippen LogP) is 4.13. The van der Waals surface area contributed by atoms with Crippen LogP contribution < -0.4 is 5.32 Å². The Hall–Kier alpha value is -2.69. The molecule has 28 heavy (non-hydrogen) atoms. The van der Waals surface area contributed by atoms with Gasteiger partial charge in [0.25, 0.3) is 11.6 Å². The summed E-state index contributed by atoms with van der Waals surface area (Å²) < 4.78 is 6.64. The van der Waals surface area contributed by atoms with E-state index in [1.165, 1.54) is 35.2 Å². The van der Waals surface area contributed by atoms with Crippen LogP contribution in [0, 0.1) is 10.1 Å². The summed E-state index contributed by atoms with van der Waals surface area (Å²) in [5.74, 6) is -1.29. The monoisotopic (exact) mass is 437 g/mol. The second kappa shape index (κ2) is 9.00. The average molecular weight is 438 g/mol. The number of nitro groups is 1. The number of para-hydroxylation sites is 1. The van der Waals surface area contributed by atoms with E-state index >= 15 is 0 Å². The van der Waals surface area contributed by atoms with Gasteiger partial charge in [0.1, 0.15) is 5.69 Å². The Morgan fingerprint density at radius 2 is 2.07 bits per heavy atom. The van der Waals surface area contributed by atoms with Gasteiger partial charge in [0, 0.05) is 11.1 Å². The van der Waals surface area contributed by atoms with Gasteiger partial charge < -0.3 is 10.1 Å². The lowest BCUT2D eigenvalue weighted by Crippen LogP contribution is -2.22. The first-order valence-electron chi connectivity index (χ1n) is 7.80. The van der Waals surface area contributed by atoms with Crippen molar-refractivity contribution >= 4 is 68.2 Å². The highest BCUT2D eigenvalue weighted by molar-refractivity contribution is 8.01. The quantitative estimate of drug-likeness (QED) is 0.256. The highest BCUT2D eigenvalue weighted by atomic mass is 35.5. The van der Waals surface area contributed by atoms with E-state index in [9.17, 15) is 19.7 Å². The number of nitrogens with one attached hydrogen (secondary N) is 1. The van der Waals surface area contributed by atoms with Crippen molar-refractivity contribution in [2.45, 2.75) is 4.34 Å². The van der Waals surface area contributed by atoms with Crippen LogP contribution in [0.4, 0.5) is 11.4 Å². The van der Waals surface area contributed by atoms with Crippen LogP contribution in [0.5, 0.6) is 0 Å². The number of thiazole rings is 1. The molecule has 0 aliphatic rings. The molecule has 1 heterocycles. The molecule has 2 aromatic carbocycles. The van der Waals surface area contributed by atoms with Crippen LogP contribution in [0.3, 0.4) is 0 Å². The number of nitro benzene ring substituents is 1. The number of nitrogens with zero attached hydrogens (tertiary/aromatic N) is 2. The van der Waals surface area contributed by atoms with Crippen molar-refractivity contribution in [2.24, 2.45) is 0 Å². The number of aromatic nitrogens is 1. The average Bonchev–Trinajstić information content (AvgIpc) is 3.09. The summed E-state index contributed by atoms with van der Waals surface area (Å²) >= 11 is 8.39. The van der Waals surface area contributed by atoms with Gasteiger partial charge in [0.05, 0.1) is 20.9 Å². The highest BCUT2D eigenvalue weighted by Crippen LogP contribution is 2.29. The second-order valence-corrected chi connectivity index (χ2v) is 8.05. The number of carbonyl (C=O) groups is 2. The Balaban J connectivity index is 1.49. The molecule has 144 valence electrons. The zero-order valence-electron chi connectivity index (χ0n) is 14.1. The van der Waals surface area contributed by atoms with Crippen LogP contribution in [0.15, 0.2) is 46.8 Å². The summed E-state index contributed by atoms with van der Waals surface area (Å²) in [6.45, 7) is -0.557. The van der Waals surface area contributed by atoms with Crippen molar-refractivity contribution in [3.63, 3.8) is 0 Å². The molecule has 0 bridgehead atoms. The van der Waals surface area contributed by atoms with Crippen molar-refractivity contribution < 1.29 is 19.2 Å². The third kappa shape index (κ3) is 5.18. The molecule has 0 fully saturated rings. The molecule has 0 saturated carbocycles. The maximum absolute atomic E-state index is 11.9. The number of esters is 1. The van der Waals surface area contributed by atoms with Gasteiger partial charge in [-0.2, -0.15) is 0 Å². The number of ether oxygens (including phenoxy) is 1. The molecule has 1 N–H and O–H groups in total. The fraction of sp³-hybridized carbons (Fsp3) is 0.118. The smallest absolute Gasteiger partial charge is 0.316 e. The number of anilines is 1. The van der Waals surface area contributed by atoms with E-state index in [1.807, 2.05) is 24.3 Å². The van der Waals surface area contributed by atoms with Gasteiger partial charge in [0.2, 0.25) is 0 Å². The molecule has 1 aromatic heterocycles. The summed E-state index contributed by atoms with van der Waals surface area (Å²) in [5.41, 5.74) is 0.477. The lowest BCUT2D eigenvalue weighted by atomic mass is 10.2. The largest absolute Gasteiger partial charge is 0.455 e. The van der Waals surface area contributed by atoms with E-state index in [4.69, 9.17) is 16.3 Å². The first-order chi connectivity index (χ1) is 13.4. The zero-order valence-corrected chi connectivity index (χ0v) is 16.5. The van der Waals surface area contributed by atoms with Gasteiger partial charge >= 0.3 is 5.97 Å². The van der Waals surface area contributed by atoms with Crippen LogP contribution in [0.2, 0.25) is 5.02 Å². The minimum absolute atomic E-state index is 0.00576. The number of hydrogen-bond acceptors (Lipinski definition) is 8. The Morgan fingerprint density at radius 1 is 1.29 bits per heavy atom. The number of benzene rings is 2. The zero-order chi connectivity index (χ0) is 20.1. The molecule has 0 saturated heterocycles. The summed E-state index contributed by atoms with van der Waals surface area (Å²) in [4.78, 5) is 38.5. The first-order valence-corrected chi connectivity index (χ1v) is 9.98. The fourth-order valence-electron chi connectivity index (χ4n) is 2.17. The van der Waals surface area contributed by atoms with Crippen molar-refractivity contribution in [3.8, 4) is 0 Å².